The molecular formula is C13H15NO4. The van der Waals surface area contributed by atoms with Gasteiger partial charge in [-0.1, -0.05) is 6.08 Å². The average Bonchev–Trinajstić information content (AvgIpc) is 2.54. The molecule has 1 atom stereocenters. The van der Waals surface area contributed by atoms with Crippen LogP contribution in [0.25, 0.3) is 0 Å². The molecule has 18 heavy (non-hydrogen) atoms. The van der Waals surface area contributed by atoms with Gasteiger partial charge in [-0.25, -0.2) is 4.90 Å². The molecule has 2 rings (SSSR count). The summed E-state index contributed by atoms with van der Waals surface area (Å²) in [5.41, 5.74) is 1.17. The number of nitrogens with zero attached hydrogens (tertiary/aromatic N) is 1. The number of imide groups is 1. The Morgan fingerprint density at radius 1 is 1.44 bits per heavy atom. The van der Waals surface area contributed by atoms with E-state index in [1.807, 2.05) is 0 Å². The van der Waals surface area contributed by atoms with Gasteiger partial charge in [-0.15, -0.1) is 0 Å². The Hall–Kier alpha value is -1.91. The second-order valence-electron chi connectivity index (χ2n) is 4.51. The fourth-order valence-electron chi connectivity index (χ4n) is 2.20. The third kappa shape index (κ3) is 2.34. The fraction of sp³-hybridized carbons (Fsp3) is 0.462. The molecule has 0 N–H and O–H groups in total. The minimum absolute atomic E-state index is 0.145. The summed E-state index contributed by atoms with van der Waals surface area (Å²) in [6.07, 6.45) is 4.76. The zero-order valence-corrected chi connectivity index (χ0v) is 10.4. The second kappa shape index (κ2) is 4.76. The molecule has 1 unspecified atom stereocenters. The van der Waals surface area contributed by atoms with Gasteiger partial charge in [-0.3, -0.25) is 14.4 Å². The lowest BCUT2D eigenvalue weighted by Crippen LogP contribution is -2.32. The number of amides is 2. The fourth-order valence-corrected chi connectivity index (χ4v) is 2.20. The lowest BCUT2D eigenvalue weighted by molar-refractivity contribution is -0.147. The minimum Gasteiger partial charge on any atom is -0.462 e. The van der Waals surface area contributed by atoms with Gasteiger partial charge in [-0.2, -0.15) is 0 Å². The molecular weight excluding hydrogens is 234 g/mol. The normalized spacial score (nSPS) is 23.9. The van der Waals surface area contributed by atoms with E-state index in [0.717, 1.165) is 0 Å². The Morgan fingerprint density at radius 2 is 2.17 bits per heavy atom. The van der Waals surface area contributed by atoms with Crippen molar-refractivity contribution in [2.24, 2.45) is 0 Å². The van der Waals surface area contributed by atoms with Crippen molar-refractivity contribution in [2.45, 2.75) is 39.2 Å². The summed E-state index contributed by atoms with van der Waals surface area (Å²) >= 11 is 0. The molecule has 0 aromatic carbocycles. The monoisotopic (exact) mass is 249 g/mol. The highest BCUT2D eigenvalue weighted by molar-refractivity contribution is 6.17. The van der Waals surface area contributed by atoms with Crippen molar-refractivity contribution < 1.29 is 19.1 Å². The van der Waals surface area contributed by atoms with Crippen LogP contribution in [0.2, 0.25) is 0 Å². The smallest absolute Gasteiger partial charge is 0.302 e. The Labute approximate surface area is 105 Å². The Bertz CT molecular complexity index is 475. The maximum absolute atomic E-state index is 11.8. The molecule has 2 amide bonds. The molecule has 1 heterocycles. The minimum atomic E-state index is -0.303. The highest BCUT2D eigenvalue weighted by atomic mass is 16.5. The van der Waals surface area contributed by atoms with Crippen molar-refractivity contribution in [3.8, 4) is 0 Å². The van der Waals surface area contributed by atoms with Gasteiger partial charge in [0.15, 0.2) is 0 Å². The van der Waals surface area contributed by atoms with Crippen molar-refractivity contribution in [1.29, 1.82) is 0 Å². The number of esters is 1. The first-order valence-corrected chi connectivity index (χ1v) is 5.92. The first-order chi connectivity index (χ1) is 8.49. The van der Waals surface area contributed by atoms with Gasteiger partial charge in [0, 0.05) is 30.7 Å². The molecule has 1 aliphatic heterocycles. The molecule has 0 saturated heterocycles. The first kappa shape index (κ1) is 12.5. The van der Waals surface area contributed by atoms with Crippen LogP contribution in [-0.4, -0.2) is 28.8 Å². The molecule has 2 aliphatic rings. The number of allylic oxidation sites excluding steroid dienone is 1. The van der Waals surface area contributed by atoms with Gasteiger partial charge in [0.2, 0.25) is 0 Å². The third-order valence-corrected chi connectivity index (χ3v) is 3.06. The maximum Gasteiger partial charge on any atom is 0.302 e. The molecule has 0 aromatic heterocycles. The van der Waals surface area contributed by atoms with Gasteiger partial charge in [0.05, 0.1) is 0 Å². The van der Waals surface area contributed by atoms with E-state index in [-0.39, 0.29) is 23.9 Å². The van der Waals surface area contributed by atoms with E-state index in [1.54, 1.807) is 13.0 Å². The number of hydrogen-bond acceptors (Lipinski definition) is 4. The quantitative estimate of drug-likeness (QED) is 0.546. The van der Waals surface area contributed by atoms with Crippen LogP contribution in [0.1, 0.15) is 33.1 Å². The molecule has 0 fully saturated rings. The highest BCUT2D eigenvalue weighted by Gasteiger charge is 2.32. The van der Waals surface area contributed by atoms with Crippen molar-refractivity contribution in [1.82, 2.24) is 4.90 Å². The van der Waals surface area contributed by atoms with Crippen LogP contribution in [0.5, 0.6) is 0 Å². The molecule has 0 radical (unpaired) electrons. The topological polar surface area (TPSA) is 63.7 Å². The summed E-state index contributed by atoms with van der Waals surface area (Å²) in [6, 6.07) is 0. The Kier molecular flexibility index (Phi) is 3.32. The predicted molar refractivity (Wildman–Crippen MR) is 63.1 cm³/mol. The van der Waals surface area contributed by atoms with Crippen LogP contribution < -0.4 is 0 Å². The van der Waals surface area contributed by atoms with E-state index in [1.165, 1.54) is 17.9 Å². The number of ether oxygens (including phenoxy) is 1. The van der Waals surface area contributed by atoms with Crippen molar-refractivity contribution in [3.05, 3.63) is 23.4 Å². The summed E-state index contributed by atoms with van der Waals surface area (Å²) in [4.78, 5) is 35.5. The molecule has 0 bridgehead atoms. The van der Waals surface area contributed by atoms with Crippen molar-refractivity contribution >= 4 is 17.8 Å². The standard InChI is InChI=1S/C13H15NO4/c1-8-7-12(16)14(13(8)17)10-3-5-11(6-4-10)18-9(2)15/h3,7,11H,4-6H2,1-2H3. The van der Waals surface area contributed by atoms with E-state index >= 15 is 0 Å². The number of carbonyl (C=O) groups is 3. The molecule has 5 nitrogen and oxygen atoms in total. The van der Waals surface area contributed by atoms with Crippen LogP contribution in [0.4, 0.5) is 0 Å². The molecule has 1 aliphatic carbocycles. The van der Waals surface area contributed by atoms with Crippen LogP contribution in [0.15, 0.2) is 23.4 Å². The highest BCUT2D eigenvalue weighted by Crippen LogP contribution is 2.27. The van der Waals surface area contributed by atoms with Gasteiger partial charge >= 0.3 is 5.97 Å². The molecule has 0 saturated carbocycles. The van der Waals surface area contributed by atoms with Crippen LogP contribution >= 0.6 is 0 Å². The summed E-state index contributed by atoms with van der Waals surface area (Å²) < 4.78 is 5.09. The van der Waals surface area contributed by atoms with E-state index in [0.29, 0.717) is 30.5 Å². The Morgan fingerprint density at radius 3 is 2.61 bits per heavy atom. The molecule has 5 heteroatoms. The van der Waals surface area contributed by atoms with Crippen LogP contribution in [0.3, 0.4) is 0 Å². The maximum atomic E-state index is 11.8. The zero-order chi connectivity index (χ0) is 13.3. The van der Waals surface area contributed by atoms with E-state index < -0.39 is 0 Å². The van der Waals surface area contributed by atoms with Gasteiger partial charge in [0.1, 0.15) is 6.10 Å². The summed E-state index contributed by atoms with van der Waals surface area (Å²) in [6.45, 7) is 3.01. The van der Waals surface area contributed by atoms with Crippen LogP contribution in [0, 0.1) is 0 Å². The lowest BCUT2D eigenvalue weighted by Gasteiger charge is -2.26. The number of rotatable bonds is 2. The number of hydrogen-bond donors (Lipinski definition) is 0. The third-order valence-electron chi connectivity index (χ3n) is 3.06. The summed E-state index contributed by atoms with van der Waals surface area (Å²) in [5, 5.41) is 0. The first-order valence-electron chi connectivity index (χ1n) is 5.92. The lowest BCUT2D eigenvalue weighted by atomic mass is 10.0. The Balaban J connectivity index is 2.05. The second-order valence-corrected chi connectivity index (χ2v) is 4.51. The van der Waals surface area contributed by atoms with E-state index in [9.17, 15) is 14.4 Å². The van der Waals surface area contributed by atoms with E-state index in [2.05, 4.69) is 0 Å². The van der Waals surface area contributed by atoms with Gasteiger partial charge < -0.3 is 4.74 Å². The molecule has 0 spiro atoms. The summed E-state index contributed by atoms with van der Waals surface area (Å²) in [5.74, 6) is -0.838. The van der Waals surface area contributed by atoms with Gasteiger partial charge in [-0.05, 0) is 19.8 Å². The van der Waals surface area contributed by atoms with Gasteiger partial charge in [0.25, 0.3) is 11.8 Å². The zero-order valence-electron chi connectivity index (χ0n) is 10.4. The van der Waals surface area contributed by atoms with Crippen molar-refractivity contribution in [3.63, 3.8) is 0 Å². The largest absolute Gasteiger partial charge is 0.462 e. The molecule has 0 aromatic rings. The van der Waals surface area contributed by atoms with E-state index in [4.69, 9.17) is 4.74 Å². The van der Waals surface area contributed by atoms with Crippen molar-refractivity contribution in [2.75, 3.05) is 0 Å². The molecule has 96 valence electrons. The summed E-state index contributed by atoms with van der Waals surface area (Å²) in [7, 11) is 0. The van der Waals surface area contributed by atoms with Crippen LogP contribution in [-0.2, 0) is 19.1 Å². The number of carbonyl (C=O) groups excluding carboxylic acids is 3. The average molecular weight is 249 g/mol. The SMILES string of the molecule is CC(=O)OC1CC=C(N2C(=O)C=C(C)C2=O)CC1. The predicted octanol–water partition coefficient (Wildman–Crippen LogP) is 1.30.